The molecule has 1 aliphatic heterocycles. The van der Waals surface area contributed by atoms with E-state index in [9.17, 15) is 5.11 Å². The summed E-state index contributed by atoms with van der Waals surface area (Å²) in [5.41, 5.74) is 3.33. The van der Waals surface area contributed by atoms with Gasteiger partial charge in [0.25, 0.3) is 0 Å². The largest absolute Gasteiger partial charge is 0.506 e. The predicted octanol–water partition coefficient (Wildman–Crippen LogP) is 3.59. The maximum atomic E-state index is 9.37. The molecule has 1 heterocycles. The molecule has 0 radical (unpaired) electrons. The maximum absolute atomic E-state index is 9.37. The van der Waals surface area contributed by atoms with Gasteiger partial charge >= 0.3 is 0 Å². The van der Waals surface area contributed by atoms with Crippen molar-refractivity contribution in [1.82, 2.24) is 0 Å². The van der Waals surface area contributed by atoms with E-state index in [2.05, 4.69) is 11.4 Å². The average molecular weight is 276 g/mol. The van der Waals surface area contributed by atoms with Crippen LogP contribution in [0.2, 0.25) is 5.02 Å². The number of ether oxygens (including phenoxy) is 1. The molecule has 2 N–H and O–H groups in total. The van der Waals surface area contributed by atoms with Crippen LogP contribution in [0.25, 0.3) is 0 Å². The fraction of sp³-hybridized carbons (Fsp3) is 0.200. The molecule has 0 aliphatic carbocycles. The molecule has 2 aromatic rings. The van der Waals surface area contributed by atoms with Crippen molar-refractivity contribution < 1.29 is 9.84 Å². The summed E-state index contributed by atoms with van der Waals surface area (Å²) in [6.45, 7) is 1.44. The molecule has 0 aromatic heterocycles. The second-order valence-corrected chi connectivity index (χ2v) is 4.97. The average Bonchev–Trinajstić information content (AvgIpc) is 2.87. The Labute approximate surface area is 116 Å². The Morgan fingerprint density at radius 1 is 1.21 bits per heavy atom. The van der Waals surface area contributed by atoms with Crippen LogP contribution in [0.1, 0.15) is 11.1 Å². The Bertz CT molecular complexity index is 613. The van der Waals surface area contributed by atoms with Crippen LogP contribution in [0.4, 0.5) is 5.69 Å². The molecule has 4 heteroatoms. The van der Waals surface area contributed by atoms with Crippen molar-refractivity contribution in [2.75, 3.05) is 11.9 Å². The molecule has 2 aromatic carbocycles. The van der Waals surface area contributed by atoms with E-state index in [0.717, 1.165) is 30.0 Å². The van der Waals surface area contributed by atoms with Gasteiger partial charge in [-0.1, -0.05) is 17.7 Å². The summed E-state index contributed by atoms with van der Waals surface area (Å²) in [6, 6.07) is 11.3. The lowest BCUT2D eigenvalue weighted by molar-refractivity contribution is 0.357. The molecule has 3 rings (SSSR count). The molecule has 0 fully saturated rings. The summed E-state index contributed by atoms with van der Waals surface area (Å²) in [5, 5.41) is 13.1. The van der Waals surface area contributed by atoms with Crippen molar-refractivity contribution in [3.63, 3.8) is 0 Å². The van der Waals surface area contributed by atoms with Gasteiger partial charge in [-0.25, -0.2) is 0 Å². The number of hydrogen-bond acceptors (Lipinski definition) is 3. The second-order valence-electron chi connectivity index (χ2n) is 4.56. The summed E-state index contributed by atoms with van der Waals surface area (Å²) >= 11 is 5.88. The summed E-state index contributed by atoms with van der Waals surface area (Å²) < 4.78 is 5.47. The minimum atomic E-state index is 0.111. The van der Waals surface area contributed by atoms with Gasteiger partial charge in [0.1, 0.15) is 11.5 Å². The molecule has 19 heavy (non-hydrogen) atoms. The molecule has 0 spiro atoms. The van der Waals surface area contributed by atoms with E-state index in [1.165, 1.54) is 5.56 Å². The zero-order chi connectivity index (χ0) is 13.2. The zero-order valence-corrected chi connectivity index (χ0v) is 11.1. The quantitative estimate of drug-likeness (QED) is 0.899. The van der Waals surface area contributed by atoms with Crippen molar-refractivity contribution in [2.45, 2.75) is 13.0 Å². The highest BCUT2D eigenvalue weighted by molar-refractivity contribution is 6.32. The molecular formula is C15H14ClNO2. The number of hydrogen-bond donors (Lipinski definition) is 2. The highest BCUT2D eigenvalue weighted by Crippen LogP contribution is 2.28. The van der Waals surface area contributed by atoms with Crippen molar-refractivity contribution in [1.29, 1.82) is 0 Å². The molecule has 0 amide bonds. The lowest BCUT2D eigenvalue weighted by Crippen LogP contribution is -1.99. The lowest BCUT2D eigenvalue weighted by atomic mass is 10.1. The van der Waals surface area contributed by atoms with E-state index >= 15 is 0 Å². The van der Waals surface area contributed by atoms with Crippen LogP contribution in [0.3, 0.4) is 0 Å². The first-order chi connectivity index (χ1) is 9.22. The van der Waals surface area contributed by atoms with Gasteiger partial charge in [0.2, 0.25) is 0 Å². The third-order valence-electron chi connectivity index (χ3n) is 3.20. The van der Waals surface area contributed by atoms with E-state index in [1.54, 1.807) is 12.1 Å². The van der Waals surface area contributed by atoms with Crippen LogP contribution in [0.15, 0.2) is 36.4 Å². The van der Waals surface area contributed by atoms with Crippen molar-refractivity contribution in [3.05, 3.63) is 52.5 Å². The van der Waals surface area contributed by atoms with Crippen molar-refractivity contribution in [2.24, 2.45) is 0 Å². The van der Waals surface area contributed by atoms with Crippen LogP contribution in [-0.4, -0.2) is 11.7 Å². The topological polar surface area (TPSA) is 41.5 Å². The molecule has 0 bridgehead atoms. The number of fused-ring (bicyclic) bond motifs is 1. The Kier molecular flexibility index (Phi) is 3.22. The number of halogens is 1. The van der Waals surface area contributed by atoms with Gasteiger partial charge in [-0.05, 0) is 41.5 Å². The van der Waals surface area contributed by atoms with Gasteiger partial charge in [0.05, 0.1) is 11.6 Å². The minimum absolute atomic E-state index is 0.111. The number of phenolic OH excluding ortho intramolecular Hbond substituents is 1. The Morgan fingerprint density at radius 2 is 2.11 bits per heavy atom. The SMILES string of the molecule is Oc1ccc(CNc2ccc3c(c2)CCO3)cc1Cl. The molecular weight excluding hydrogens is 262 g/mol. The molecule has 0 atom stereocenters. The third kappa shape index (κ3) is 2.61. The first-order valence-corrected chi connectivity index (χ1v) is 6.57. The Balaban J connectivity index is 1.70. The first kappa shape index (κ1) is 12.2. The number of benzene rings is 2. The Hall–Kier alpha value is -1.87. The number of anilines is 1. The van der Waals surface area contributed by atoms with Crippen molar-refractivity contribution in [3.8, 4) is 11.5 Å². The highest BCUT2D eigenvalue weighted by atomic mass is 35.5. The number of aromatic hydroxyl groups is 1. The van der Waals surface area contributed by atoms with E-state index < -0.39 is 0 Å². The van der Waals surface area contributed by atoms with Gasteiger partial charge < -0.3 is 15.2 Å². The van der Waals surface area contributed by atoms with Crippen molar-refractivity contribution >= 4 is 17.3 Å². The number of nitrogens with one attached hydrogen (secondary N) is 1. The van der Waals surface area contributed by atoms with Gasteiger partial charge in [0, 0.05) is 18.7 Å². The van der Waals surface area contributed by atoms with Gasteiger partial charge in [-0.2, -0.15) is 0 Å². The summed E-state index contributed by atoms with van der Waals surface area (Å²) in [7, 11) is 0. The lowest BCUT2D eigenvalue weighted by Gasteiger charge is -2.09. The fourth-order valence-electron chi connectivity index (χ4n) is 2.16. The highest BCUT2D eigenvalue weighted by Gasteiger charge is 2.11. The van der Waals surface area contributed by atoms with Crippen LogP contribution in [0, 0.1) is 0 Å². The third-order valence-corrected chi connectivity index (χ3v) is 3.50. The van der Waals surface area contributed by atoms with Crippen LogP contribution in [-0.2, 0) is 13.0 Å². The van der Waals surface area contributed by atoms with E-state index in [4.69, 9.17) is 16.3 Å². The minimum Gasteiger partial charge on any atom is -0.506 e. The van der Waals surface area contributed by atoms with Crippen LogP contribution < -0.4 is 10.1 Å². The molecule has 98 valence electrons. The first-order valence-electron chi connectivity index (χ1n) is 6.19. The summed E-state index contributed by atoms with van der Waals surface area (Å²) in [6.07, 6.45) is 0.968. The molecule has 0 unspecified atom stereocenters. The van der Waals surface area contributed by atoms with E-state index in [0.29, 0.717) is 11.6 Å². The Morgan fingerprint density at radius 3 is 2.95 bits per heavy atom. The maximum Gasteiger partial charge on any atom is 0.134 e. The van der Waals surface area contributed by atoms with E-state index in [-0.39, 0.29) is 5.75 Å². The second kappa shape index (κ2) is 5.02. The fourth-order valence-corrected chi connectivity index (χ4v) is 2.36. The van der Waals surface area contributed by atoms with Gasteiger partial charge in [0.15, 0.2) is 0 Å². The monoisotopic (exact) mass is 275 g/mol. The normalized spacial score (nSPS) is 12.9. The van der Waals surface area contributed by atoms with Gasteiger partial charge in [-0.3, -0.25) is 0 Å². The van der Waals surface area contributed by atoms with Gasteiger partial charge in [-0.15, -0.1) is 0 Å². The molecule has 1 aliphatic rings. The summed E-state index contributed by atoms with van der Waals surface area (Å²) in [5.74, 6) is 1.10. The molecule has 0 saturated carbocycles. The smallest absolute Gasteiger partial charge is 0.134 e. The number of phenols is 1. The van der Waals surface area contributed by atoms with E-state index in [1.807, 2.05) is 18.2 Å². The molecule has 3 nitrogen and oxygen atoms in total. The van der Waals surface area contributed by atoms with Crippen LogP contribution >= 0.6 is 11.6 Å². The zero-order valence-electron chi connectivity index (χ0n) is 10.3. The standard InChI is InChI=1S/C15H14ClNO2/c16-13-7-10(1-3-14(13)18)9-17-12-2-4-15-11(8-12)5-6-19-15/h1-4,7-8,17-18H,5-6,9H2. The molecule has 0 saturated heterocycles. The summed E-state index contributed by atoms with van der Waals surface area (Å²) in [4.78, 5) is 0. The predicted molar refractivity (Wildman–Crippen MR) is 76.1 cm³/mol. The van der Waals surface area contributed by atoms with Crippen LogP contribution in [0.5, 0.6) is 11.5 Å². The number of rotatable bonds is 3.